The number of hydrogen-bond donors (Lipinski definition) is 1. The van der Waals surface area contributed by atoms with Crippen molar-refractivity contribution in [2.45, 2.75) is 13.3 Å². The average molecular weight is 463 g/mol. The van der Waals surface area contributed by atoms with E-state index < -0.39 is 11.9 Å². The molecular weight excluding hydrogens is 443 g/mol. The lowest BCUT2D eigenvalue weighted by Gasteiger charge is -2.08. The van der Waals surface area contributed by atoms with Crippen LogP contribution in [0.15, 0.2) is 72.3 Å². The van der Waals surface area contributed by atoms with Gasteiger partial charge < -0.3 is 10.1 Å². The molecule has 3 aromatic rings. The van der Waals surface area contributed by atoms with Gasteiger partial charge in [-0.05, 0) is 66.1 Å². The molecule has 0 saturated carbocycles. The number of halogens is 2. The van der Waals surface area contributed by atoms with E-state index in [9.17, 15) is 19.2 Å². The molecule has 0 bridgehead atoms. The Bertz CT molecular complexity index is 1250. The van der Waals surface area contributed by atoms with Gasteiger partial charge in [-0.25, -0.2) is 9.18 Å². The summed E-state index contributed by atoms with van der Waals surface area (Å²) in [5, 5.41) is 12.5. The summed E-state index contributed by atoms with van der Waals surface area (Å²) in [7, 11) is 0. The van der Waals surface area contributed by atoms with Gasteiger partial charge in [0.05, 0.1) is 12.2 Å². The average Bonchev–Trinajstić information content (AvgIpc) is 2.81. The minimum Gasteiger partial charge on any atom is -0.462 e. The molecule has 166 valence electrons. The second kappa shape index (κ2) is 11.1. The first-order valence-corrected chi connectivity index (χ1v) is 10.5. The fourth-order valence-electron chi connectivity index (χ4n) is 3.06. The Hall–Kier alpha value is -3.95. The minimum absolute atomic E-state index is 0.123. The molecule has 0 aliphatic rings. The highest BCUT2D eigenvalue weighted by Crippen LogP contribution is 2.24. The topological polar surface area (TPSA) is 79.2 Å². The van der Waals surface area contributed by atoms with Gasteiger partial charge in [-0.15, -0.1) is 0 Å². The highest BCUT2D eigenvalue weighted by atomic mass is 35.5. The highest BCUT2D eigenvalue weighted by molar-refractivity contribution is 6.31. The molecule has 0 aliphatic carbocycles. The monoisotopic (exact) mass is 462 g/mol. The lowest BCUT2D eigenvalue weighted by atomic mass is 10.0. The van der Waals surface area contributed by atoms with Crippen molar-refractivity contribution in [3.8, 4) is 6.07 Å². The maximum atomic E-state index is 13.9. The van der Waals surface area contributed by atoms with Gasteiger partial charge in [-0.3, -0.25) is 4.79 Å². The van der Waals surface area contributed by atoms with Crippen LogP contribution in [-0.4, -0.2) is 18.5 Å². The van der Waals surface area contributed by atoms with Crippen LogP contribution in [-0.2, 0) is 16.0 Å². The SMILES string of the molecule is CCOC(=O)c1ccc(NC(=O)/C(C#N)=C/c2ccc(Cc3ccccc3F)c(Cl)c2)cc1. The number of nitrogens with one attached hydrogen (secondary N) is 1. The Labute approximate surface area is 196 Å². The Kier molecular flexibility index (Phi) is 7.96. The molecule has 3 aromatic carbocycles. The number of nitriles is 1. The van der Waals surface area contributed by atoms with Gasteiger partial charge in [0, 0.05) is 17.1 Å². The van der Waals surface area contributed by atoms with Gasteiger partial charge in [-0.1, -0.05) is 41.9 Å². The van der Waals surface area contributed by atoms with Crippen molar-refractivity contribution in [3.05, 3.63) is 105 Å². The number of anilines is 1. The predicted molar refractivity (Wildman–Crippen MR) is 125 cm³/mol. The molecule has 0 aromatic heterocycles. The van der Waals surface area contributed by atoms with Crippen LogP contribution in [0.3, 0.4) is 0 Å². The van der Waals surface area contributed by atoms with Crippen LogP contribution in [0.1, 0.15) is 34.0 Å². The molecule has 33 heavy (non-hydrogen) atoms. The zero-order valence-electron chi connectivity index (χ0n) is 17.8. The number of benzene rings is 3. The lowest BCUT2D eigenvalue weighted by Crippen LogP contribution is -2.13. The molecule has 0 heterocycles. The van der Waals surface area contributed by atoms with Crippen LogP contribution < -0.4 is 5.32 Å². The zero-order valence-corrected chi connectivity index (χ0v) is 18.5. The Morgan fingerprint density at radius 2 is 1.82 bits per heavy atom. The maximum Gasteiger partial charge on any atom is 0.338 e. The molecule has 1 amide bonds. The van der Waals surface area contributed by atoms with Crippen molar-refractivity contribution in [2.75, 3.05) is 11.9 Å². The van der Waals surface area contributed by atoms with Gasteiger partial charge in [0.1, 0.15) is 17.5 Å². The Morgan fingerprint density at radius 3 is 2.45 bits per heavy atom. The molecule has 0 radical (unpaired) electrons. The number of rotatable bonds is 7. The number of hydrogen-bond acceptors (Lipinski definition) is 4. The summed E-state index contributed by atoms with van der Waals surface area (Å²) in [6, 6.07) is 19.6. The van der Waals surface area contributed by atoms with Crippen molar-refractivity contribution >= 4 is 35.2 Å². The predicted octanol–water partition coefficient (Wildman–Crippen LogP) is 5.79. The third-order valence-corrected chi connectivity index (χ3v) is 5.10. The van der Waals surface area contributed by atoms with Crippen LogP contribution in [0.4, 0.5) is 10.1 Å². The van der Waals surface area contributed by atoms with Gasteiger partial charge >= 0.3 is 5.97 Å². The zero-order chi connectivity index (χ0) is 23.8. The molecule has 7 heteroatoms. The summed E-state index contributed by atoms with van der Waals surface area (Å²) in [6.45, 7) is 1.98. The van der Waals surface area contributed by atoms with Crippen molar-refractivity contribution in [2.24, 2.45) is 0 Å². The number of nitrogens with zero attached hydrogens (tertiary/aromatic N) is 1. The number of carbonyl (C=O) groups is 2. The molecule has 0 atom stereocenters. The molecule has 0 aliphatic heterocycles. The summed E-state index contributed by atoms with van der Waals surface area (Å²) in [4.78, 5) is 24.2. The normalized spacial score (nSPS) is 10.9. The van der Waals surface area contributed by atoms with E-state index in [-0.39, 0.29) is 18.0 Å². The number of carbonyl (C=O) groups excluding carboxylic acids is 2. The molecular formula is C26H20ClFN2O3. The Morgan fingerprint density at radius 1 is 1.09 bits per heavy atom. The van der Waals surface area contributed by atoms with Crippen LogP contribution in [0.2, 0.25) is 5.02 Å². The third-order valence-electron chi connectivity index (χ3n) is 4.75. The number of ether oxygens (including phenoxy) is 1. The summed E-state index contributed by atoms with van der Waals surface area (Å²) in [5.41, 5.74) is 2.46. The highest BCUT2D eigenvalue weighted by Gasteiger charge is 2.12. The molecule has 0 fully saturated rings. The van der Waals surface area contributed by atoms with E-state index in [1.165, 1.54) is 24.3 Å². The summed E-state index contributed by atoms with van der Waals surface area (Å²) >= 11 is 6.36. The minimum atomic E-state index is -0.604. The van der Waals surface area contributed by atoms with Gasteiger partial charge in [0.15, 0.2) is 0 Å². The second-order valence-corrected chi connectivity index (χ2v) is 7.45. The van der Waals surface area contributed by atoms with Crippen LogP contribution in [0.5, 0.6) is 0 Å². The van der Waals surface area contributed by atoms with Crippen LogP contribution >= 0.6 is 11.6 Å². The first kappa shape index (κ1) is 23.7. The first-order chi connectivity index (χ1) is 15.9. The van der Waals surface area contributed by atoms with Crippen molar-refractivity contribution in [1.29, 1.82) is 5.26 Å². The molecule has 1 N–H and O–H groups in total. The molecule has 3 rings (SSSR count). The largest absolute Gasteiger partial charge is 0.462 e. The van der Waals surface area contributed by atoms with Crippen LogP contribution in [0.25, 0.3) is 6.08 Å². The van der Waals surface area contributed by atoms with E-state index >= 15 is 0 Å². The Balaban J connectivity index is 1.72. The standard InChI is InChI=1S/C26H20ClFN2O3/c1-2-33-26(32)18-9-11-22(12-10-18)30-25(31)21(16-29)13-17-7-8-19(23(27)14-17)15-20-5-3-4-6-24(20)28/h3-14H,2,15H2,1H3,(H,30,31)/b21-13+. The fourth-order valence-corrected chi connectivity index (χ4v) is 3.32. The molecule has 0 spiro atoms. The van der Waals surface area contributed by atoms with Crippen molar-refractivity contribution < 1.29 is 18.7 Å². The van der Waals surface area contributed by atoms with Crippen molar-refractivity contribution in [3.63, 3.8) is 0 Å². The quantitative estimate of drug-likeness (QED) is 0.274. The fraction of sp³-hybridized carbons (Fsp3) is 0.115. The number of amides is 1. The summed E-state index contributed by atoms with van der Waals surface area (Å²) < 4.78 is 18.8. The lowest BCUT2D eigenvalue weighted by molar-refractivity contribution is -0.112. The van der Waals surface area contributed by atoms with Gasteiger partial charge in [-0.2, -0.15) is 5.26 Å². The number of esters is 1. The maximum absolute atomic E-state index is 13.9. The second-order valence-electron chi connectivity index (χ2n) is 7.04. The summed E-state index contributed by atoms with van der Waals surface area (Å²) in [5.74, 6) is -1.37. The van der Waals surface area contributed by atoms with E-state index in [2.05, 4.69) is 5.32 Å². The van der Waals surface area contributed by atoms with E-state index in [1.807, 2.05) is 6.07 Å². The molecule has 0 saturated heterocycles. The first-order valence-electron chi connectivity index (χ1n) is 10.1. The van der Waals surface area contributed by atoms with Crippen molar-refractivity contribution in [1.82, 2.24) is 0 Å². The van der Waals surface area contributed by atoms with Gasteiger partial charge in [0.2, 0.25) is 0 Å². The molecule has 0 unspecified atom stereocenters. The van der Waals surface area contributed by atoms with Crippen LogP contribution in [0, 0.1) is 17.1 Å². The van der Waals surface area contributed by atoms with E-state index in [4.69, 9.17) is 16.3 Å². The van der Waals surface area contributed by atoms with E-state index in [0.717, 1.165) is 5.56 Å². The molecule has 5 nitrogen and oxygen atoms in total. The van der Waals surface area contributed by atoms with E-state index in [1.54, 1.807) is 55.5 Å². The smallest absolute Gasteiger partial charge is 0.338 e. The third kappa shape index (κ3) is 6.28. The van der Waals surface area contributed by atoms with Gasteiger partial charge in [0.25, 0.3) is 5.91 Å². The van der Waals surface area contributed by atoms with E-state index in [0.29, 0.717) is 33.8 Å². The summed E-state index contributed by atoms with van der Waals surface area (Å²) in [6.07, 6.45) is 1.74.